The second kappa shape index (κ2) is 4.37. The number of hydrogen-bond acceptors (Lipinski definition) is 2. The van der Waals surface area contributed by atoms with E-state index >= 15 is 0 Å². The van der Waals surface area contributed by atoms with Crippen LogP contribution in [0.25, 0.3) is 0 Å². The summed E-state index contributed by atoms with van der Waals surface area (Å²) in [5, 5.41) is 0. The monoisotopic (exact) mass is 229 g/mol. The van der Waals surface area contributed by atoms with Crippen LogP contribution in [-0.4, -0.2) is 26.3 Å². The Morgan fingerprint density at radius 2 is 2.27 bits per heavy atom. The number of alkyl halides is 1. The SMILES string of the molecule is COC1CN(c2ccc(F)cc2CCl)C1. The summed E-state index contributed by atoms with van der Waals surface area (Å²) >= 11 is 5.77. The molecule has 0 unspecified atom stereocenters. The smallest absolute Gasteiger partial charge is 0.123 e. The number of nitrogens with zero attached hydrogens (tertiary/aromatic N) is 1. The predicted molar refractivity (Wildman–Crippen MR) is 59.0 cm³/mol. The van der Waals surface area contributed by atoms with Crippen molar-refractivity contribution >= 4 is 17.3 Å². The molecular weight excluding hydrogens is 217 g/mol. The first-order valence-electron chi connectivity index (χ1n) is 4.86. The summed E-state index contributed by atoms with van der Waals surface area (Å²) in [5.41, 5.74) is 1.85. The van der Waals surface area contributed by atoms with Crippen LogP contribution in [0.5, 0.6) is 0 Å². The Hall–Kier alpha value is -0.800. The van der Waals surface area contributed by atoms with Gasteiger partial charge in [0.2, 0.25) is 0 Å². The molecule has 0 atom stereocenters. The van der Waals surface area contributed by atoms with Crippen LogP contribution in [0.3, 0.4) is 0 Å². The minimum atomic E-state index is -0.238. The molecule has 1 aromatic carbocycles. The molecule has 2 nitrogen and oxygen atoms in total. The van der Waals surface area contributed by atoms with E-state index in [0.29, 0.717) is 12.0 Å². The van der Waals surface area contributed by atoms with Crippen molar-refractivity contribution in [3.8, 4) is 0 Å². The number of rotatable bonds is 3. The maximum atomic E-state index is 13.0. The third-order valence-electron chi connectivity index (χ3n) is 2.71. The molecule has 1 fully saturated rings. The molecule has 0 N–H and O–H groups in total. The average Bonchev–Trinajstić information content (AvgIpc) is 2.18. The highest BCUT2D eigenvalue weighted by molar-refractivity contribution is 6.17. The number of hydrogen-bond donors (Lipinski definition) is 0. The van der Waals surface area contributed by atoms with Crippen molar-refractivity contribution in [3.05, 3.63) is 29.6 Å². The molecule has 0 saturated carbocycles. The maximum Gasteiger partial charge on any atom is 0.123 e. The van der Waals surface area contributed by atoms with Crippen molar-refractivity contribution in [1.82, 2.24) is 0 Å². The molecule has 82 valence electrons. The highest BCUT2D eigenvalue weighted by Crippen LogP contribution is 2.27. The summed E-state index contributed by atoms with van der Waals surface area (Å²) in [4.78, 5) is 2.14. The van der Waals surface area contributed by atoms with Crippen LogP contribution in [0.15, 0.2) is 18.2 Å². The van der Waals surface area contributed by atoms with Crippen molar-refractivity contribution in [2.45, 2.75) is 12.0 Å². The van der Waals surface area contributed by atoms with Crippen LogP contribution < -0.4 is 4.90 Å². The number of halogens is 2. The molecule has 0 aromatic heterocycles. The van der Waals surface area contributed by atoms with E-state index in [-0.39, 0.29) is 5.82 Å². The molecule has 1 saturated heterocycles. The summed E-state index contributed by atoms with van der Waals surface area (Å²) in [6.07, 6.45) is 0.290. The minimum absolute atomic E-state index is 0.238. The maximum absolute atomic E-state index is 13.0. The molecule has 2 rings (SSSR count). The zero-order valence-corrected chi connectivity index (χ0v) is 9.30. The summed E-state index contributed by atoms with van der Waals surface area (Å²) < 4.78 is 18.1. The minimum Gasteiger partial charge on any atom is -0.378 e. The lowest BCUT2D eigenvalue weighted by atomic mass is 10.1. The fourth-order valence-electron chi connectivity index (χ4n) is 1.75. The van der Waals surface area contributed by atoms with Crippen LogP contribution in [0.4, 0.5) is 10.1 Å². The molecule has 4 heteroatoms. The van der Waals surface area contributed by atoms with E-state index in [9.17, 15) is 4.39 Å². The van der Waals surface area contributed by atoms with E-state index in [4.69, 9.17) is 16.3 Å². The van der Waals surface area contributed by atoms with Gasteiger partial charge < -0.3 is 9.64 Å². The van der Waals surface area contributed by atoms with Crippen molar-refractivity contribution < 1.29 is 9.13 Å². The molecule has 1 aliphatic rings. The summed E-state index contributed by atoms with van der Waals surface area (Å²) in [7, 11) is 1.70. The Bertz CT molecular complexity index is 352. The van der Waals surface area contributed by atoms with Crippen LogP contribution in [-0.2, 0) is 10.6 Å². The van der Waals surface area contributed by atoms with Gasteiger partial charge in [-0.15, -0.1) is 11.6 Å². The third kappa shape index (κ3) is 2.08. The van der Waals surface area contributed by atoms with Gasteiger partial charge in [0.25, 0.3) is 0 Å². The molecule has 0 radical (unpaired) electrons. The van der Waals surface area contributed by atoms with Crippen LogP contribution in [0, 0.1) is 5.82 Å². The van der Waals surface area contributed by atoms with Gasteiger partial charge in [0.1, 0.15) is 5.82 Å². The van der Waals surface area contributed by atoms with Crippen molar-refractivity contribution in [1.29, 1.82) is 0 Å². The molecule has 1 aromatic rings. The molecule has 1 aliphatic heterocycles. The summed E-state index contributed by atoms with van der Waals surface area (Å²) in [6, 6.07) is 4.73. The standard InChI is InChI=1S/C11H13ClFNO/c1-15-10-6-14(7-10)11-3-2-9(13)4-8(11)5-12/h2-4,10H,5-7H2,1H3. The van der Waals surface area contributed by atoms with E-state index < -0.39 is 0 Å². The van der Waals surface area contributed by atoms with Gasteiger partial charge >= 0.3 is 0 Å². The summed E-state index contributed by atoms with van der Waals surface area (Å²) in [6.45, 7) is 1.71. The van der Waals surface area contributed by atoms with Gasteiger partial charge in [-0.3, -0.25) is 0 Å². The molecule has 0 aliphatic carbocycles. The topological polar surface area (TPSA) is 12.5 Å². The lowest BCUT2D eigenvalue weighted by Crippen LogP contribution is -2.52. The molecule has 0 amide bonds. The zero-order chi connectivity index (χ0) is 10.8. The first-order valence-corrected chi connectivity index (χ1v) is 5.40. The number of benzene rings is 1. The second-order valence-corrected chi connectivity index (χ2v) is 3.94. The first-order chi connectivity index (χ1) is 7.24. The Morgan fingerprint density at radius 1 is 1.53 bits per heavy atom. The normalized spacial score (nSPS) is 16.6. The van der Waals surface area contributed by atoms with Crippen molar-refractivity contribution in [3.63, 3.8) is 0 Å². The van der Waals surface area contributed by atoms with Crippen molar-refractivity contribution in [2.75, 3.05) is 25.1 Å². The van der Waals surface area contributed by atoms with Gasteiger partial charge in [-0.2, -0.15) is 0 Å². The second-order valence-electron chi connectivity index (χ2n) is 3.67. The molecule has 0 spiro atoms. The molecule has 1 heterocycles. The highest BCUT2D eigenvalue weighted by atomic mass is 35.5. The number of methoxy groups -OCH3 is 1. The molecule has 0 bridgehead atoms. The average molecular weight is 230 g/mol. The quantitative estimate of drug-likeness (QED) is 0.738. The Morgan fingerprint density at radius 3 is 2.87 bits per heavy atom. The number of ether oxygens (including phenoxy) is 1. The van der Waals surface area contributed by atoms with Gasteiger partial charge in [0, 0.05) is 31.8 Å². The van der Waals surface area contributed by atoms with Crippen LogP contribution >= 0.6 is 11.6 Å². The van der Waals surface area contributed by atoms with Crippen molar-refractivity contribution in [2.24, 2.45) is 0 Å². The lowest BCUT2D eigenvalue weighted by Gasteiger charge is -2.40. The zero-order valence-electron chi connectivity index (χ0n) is 8.54. The third-order valence-corrected chi connectivity index (χ3v) is 3.00. The summed E-state index contributed by atoms with van der Waals surface area (Å²) in [5.74, 6) is 0.0968. The van der Waals surface area contributed by atoms with E-state index in [1.54, 1.807) is 13.2 Å². The fraction of sp³-hybridized carbons (Fsp3) is 0.455. The Labute approximate surface area is 93.6 Å². The highest BCUT2D eigenvalue weighted by Gasteiger charge is 2.27. The molecule has 15 heavy (non-hydrogen) atoms. The van der Waals surface area contributed by atoms with Gasteiger partial charge in [-0.05, 0) is 23.8 Å². The first kappa shape index (κ1) is 10.7. The fourth-order valence-corrected chi connectivity index (χ4v) is 1.97. The van der Waals surface area contributed by atoms with Gasteiger partial charge in [0.15, 0.2) is 0 Å². The van der Waals surface area contributed by atoms with E-state index in [2.05, 4.69) is 4.90 Å². The largest absolute Gasteiger partial charge is 0.378 e. The molecular formula is C11H13ClFNO. The van der Waals surface area contributed by atoms with E-state index in [1.165, 1.54) is 12.1 Å². The van der Waals surface area contributed by atoms with Crippen LogP contribution in [0.1, 0.15) is 5.56 Å². The lowest BCUT2D eigenvalue weighted by molar-refractivity contribution is 0.0787. The van der Waals surface area contributed by atoms with Gasteiger partial charge in [-0.1, -0.05) is 0 Å². The Balaban J connectivity index is 2.15. The number of anilines is 1. The predicted octanol–water partition coefficient (Wildman–Crippen LogP) is 2.40. The van der Waals surface area contributed by atoms with Gasteiger partial charge in [0.05, 0.1) is 6.10 Å². The van der Waals surface area contributed by atoms with Gasteiger partial charge in [-0.25, -0.2) is 4.39 Å². The van der Waals surface area contributed by atoms with Crippen LogP contribution in [0.2, 0.25) is 0 Å². The Kier molecular flexibility index (Phi) is 3.12. The van der Waals surface area contributed by atoms with E-state index in [1.807, 2.05) is 0 Å². The van der Waals surface area contributed by atoms with E-state index in [0.717, 1.165) is 24.3 Å².